The van der Waals surface area contributed by atoms with Crippen LogP contribution in [0.15, 0.2) is 27.3 Å². The molecule has 98 valence electrons. The van der Waals surface area contributed by atoms with E-state index in [2.05, 4.69) is 21.2 Å². The molecule has 1 rings (SSSR count). The zero-order chi connectivity index (χ0) is 13.7. The van der Waals surface area contributed by atoms with Crippen LogP contribution in [0, 0.1) is 5.92 Å². The molecular formula is C12H14BrNO4. The fourth-order valence-electron chi connectivity index (χ4n) is 1.29. The highest BCUT2D eigenvalue weighted by atomic mass is 79.9. The van der Waals surface area contributed by atoms with E-state index in [0.717, 1.165) is 0 Å². The Labute approximate surface area is 113 Å². The van der Waals surface area contributed by atoms with Crippen LogP contribution in [-0.4, -0.2) is 23.0 Å². The van der Waals surface area contributed by atoms with Gasteiger partial charge < -0.3 is 14.8 Å². The van der Waals surface area contributed by atoms with E-state index in [1.807, 2.05) is 0 Å². The molecule has 0 radical (unpaired) electrons. The Morgan fingerprint density at radius 1 is 1.44 bits per heavy atom. The molecule has 0 spiro atoms. The topological polar surface area (TPSA) is 79.5 Å². The van der Waals surface area contributed by atoms with Crippen LogP contribution in [-0.2, 0) is 9.59 Å². The van der Waals surface area contributed by atoms with E-state index in [-0.39, 0.29) is 5.92 Å². The van der Waals surface area contributed by atoms with Gasteiger partial charge in [-0.2, -0.15) is 0 Å². The Balaban J connectivity index is 2.60. The van der Waals surface area contributed by atoms with E-state index in [9.17, 15) is 9.59 Å². The second kappa shape index (κ2) is 6.39. The quantitative estimate of drug-likeness (QED) is 0.817. The normalized spacial score (nSPS) is 12.9. The molecule has 0 aliphatic rings. The van der Waals surface area contributed by atoms with Gasteiger partial charge in [0.1, 0.15) is 11.8 Å². The molecule has 1 aromatic heterocycles. The van der Waals surface area contributed by atoms with Crippen LogP contribution in [0.5, 0.6) is 0 Å². The minimum Gasteiger partial charge on any atom is -0.480 e. The van der Waals surface area contributed by atoms with E-state index in [4.69, 9.17) is 9.52 Å². The summed E-state index contributed by atoms with van der Waals surface area (Å²) >= 11 is 3.14. The van der Waals surface area contributed by atoms with Gasteiger partial charge in [0.2, 0.25) is 5.91 Å². The molecule has 1 heterocycles. The number of rotatable bonds is 5. The van der Waals surface area contributed by atoms with Crippen molar-refractivity contribution in [3.8, 4) is 0 Å². The summed E-state index contributed by atoms with van der Waals surface area (Å²) < 4.78 is 5.73. The molecule has 0 saturated heterocycles. The number of aliphatic carboxylic acids is 1. The molecule has 0 aliphatic heterocycles. The van der Waals surface area contributed by atoms with Crippen LogP contribution in [0.25, 0.3) is 6.08 Å². The first-order chi connectivity index (χ1) is 8.40. The van der Waals surface area contributed by atoms with Gasteiger partial charge in [-0.1, -0.05) is 13.8 Å². The van der Waals surface area contributed by atoms with Crippen molar-refractivity contribution < 1.29 is 19.1 Å². The highest BCUT2D eigenvalue weighted by Crippen LogP contribution is 2.14. The molecule has 1 atom stereocenters. The van der Waals surface area contributed by atoms with Crippen molar-refractivity contribution in [2.75, 3.05) is 0 Å². The number of hydrogen-bond donors (Lipinski definition) is 2. The summed E-state index contributed by atoms with van der Waals surface area (Å²) in [5, 5.41) is 11.3. The molecule has 6 heteroatoms. The summed E-state index contributed by atoms with van der Waals surface area (Å²) in [5.74, 6) is -1.19. The molecule has 1 unspecified atom stereocenters. The number of hydrogen-bond acceptors (Lipinski definition) is 3. The van der Waals surface area contributed by atoms with E-state index >= 15 is 0 Å². The number of nitrogens with one attached hydrogen (secondary N) is 1. The highest BCUT2D eigenvalue weighted by molar-refractivity contribution is 9.10. The molecule has 5 nitrogen and oxygen atoms in total. The lowest BCUT2D eigenvalue weighted by molar-refractivity contribution is -0.142. The Bertz CT molecular complexity index is 464. The molecule has 2 N–H and O–H groups in total. The summed E-state index contributed by atoms with van der Waals surface area (Å²) in [5.41, 5.74) is 0. The van der Waals surface area contributed by atoms with E-state index in [0.29, 0.717) is 10.4 Å². The predicted octanol–water partition coefficient (Wildman–Crippen LogP) is 2.28. The van der Waals surface area contributed by atoms with Crippen LogP contribution in [0.4, 0.5) is 0 Å². The third-order valence-electron chi connectivity index (χ3n) is 2.22. The Morgan fingerprint density at radius 2 is 2.11 bits per heavy atom. The van der Waals surface area contributed by atoms with Crippen LogP contribution < -0.4 is 5.32 Å². The van der Waals surface area contributed by atoms with Gasteiger partial charge in [0.15, 0.2) is 4.67 Å². The van der Waals surface area contributed by atoms with Gasteiger partial charge in [0, 0.05) is 6.08 Å². The first-order valence-corrected chi connectivity index (χ1v) is 6.16. The third kappa shape index (κ3) is 4.37. The monoisotopic (exact) mass is 315 g/mol. The maximum Gasteiger partial charge on any atom is 0.326 e. The largest absolute Gasteiger partial charge is 0.480 e. The first kappa shape index (κ1) is 14.5. The van der Waals surface area contributed by atoms with Gasteiger partial charge >= 0.3 is 5.97 Å². The predicted molar refractivity (Wildman–Crippen MR) is 69.8 cm³/mol. The summed E-state index contributed by atoms with van der Waals surface area (Å²) in [6, 6.07) is 2.49. The van der Waals surface area contributed by atoms with Gasteiger partial charge in [-0.05, 0) is 40.1 Å². The zero-order valence-electron chi connectivity index (χ0n) is 10.0. The average Bonchev–Trinajstić information content (AvgIpc) is 2.68. The molecule has 0 aliphatic carbocycles. The number of carbonyl (C=O) groups is 2. The lowest BCUT2D eigenvalue weighted by atomic mass is 10.0. The van der Waals surface area contributed by atoms with E-state index in [1.54, 1.807) is 26.0 Å². The van der Waals surface area contributed by atoms with Crippen molar-refractivity contribution in [2.45, 2.75) is 19.9 Å². The lowest BCUT2D eigenvalue weighted by Crippen LogP contribution is -2.43. The smallest absolute Gasteiger partial charge is 0.326 e. The molecule has 0 aromatic carbocycles. The Kier molecular flexibility index (Phi) is 5.15. The van der Waals surface area contributed by atoms with E-state index in [1.165, 1.54) is 12.2 Å². The average molecular weight is 316 g/mol. The molecular weight excluding hydrogens is 302 g/mol. The summed E-state index contributed by atoms with van der Waals surface area (Å²) in [4.78, 5) is 22.4. The van der Waals surface area contributed by atoms with Crippen LogP contribution in [0.3, 0.4) is 0 Å². The fraction of sp³-hybridized carbons (Fsp3) is 0.333. The summed E-state index contributed by atoms with van der Waals surface area (Å²) in [6.45, 7) is 3.46. The highest BCUT2D eigenvalue weighted by Gasteiger charge is 2.22. The van der Waals surface area contributed by atoms with Crippen LogP contribution >= 0.6 is 15.9 Å². The molecule has 1 amide bonds. The molecule has 1 aromatic rings. The maximum absolute atomic E-state index is 11.5. The second-order valence-corrected chi connectivity index (χ2v) is 4.83. The van der Waals surface area contributed by atoms with Crippen LogP contribution in [0.2, 0.25) is 0 Å². The summed E-state index contributed by atoms with van der Waals surface area (Å²) in [7, 11) is 0. The van der Waals surface area contributed by atoms with Crippen molar-refractivity contribution in [3.05, 3.63) is 28.6 Å². The first-order valence-electron chi connectivity index (χ1n) is 5.37. The van der Waals surface area contributed by atoms with Crippen molar-refractivity contribution in [2.24, 2.45) is 5.92 Å². The van der Waals surface area contributed by atoms with Crippen molar-refractivity contribution >= 4 is 33.9 Å². The van der Waals surface area contributed by atoms with E-state index < -0.39 is 17.9 Å². The number of carboxylic acids is 1. The SMILES string of the molecule is CC(C)C(NC(=O)/C=C/c1ccc(Br)o1)C(=O)O. The number of carboxylic acid groups (broad SMARTS) is 1. The van der Waals surface area contributed by atoms with Gasteiger partial charge in [-0.25, -0.2) is 4.79 Å². The second-order valence-electron chi connectivity index (χ2n) is 4.04. The minimum absolute atomic E-state index is 0.183. The van der Waals surface area contributed by atoms with Crippen molar-refractivity contribution in [1.82, 2.24) is 5.32 Å². The number of amides is 1. The Morgan fingerprint density at radius 3 is 2.56 bits per heavy atom. The molecule has 18 heavy (non-hydrogen) atoms. The van der Waals surface area contributed by atoms with Gasteiger partial charge in [-0.3, -0.25) is 4.79 Å². The molecule has 0 bridgehead atoms. The zero-order valence-corrected chi connectivity index (χ0v) is 11.6. The minimum atomic E-state index is -1.05. The lowest BCUT2D eigenvalue weighted by Gasteiger charge is -2.16. The molecule has 0 fully saturated rings. The number of furan rings is 1. The van der Waals surface area contributed by atoms with Gasteiger partial charge in [0.05, 0.1) is 0 Å². The maximum atomic E-state index is 11.5. The number of carbonyl (C=O) groups excluding carboxylic acids is 1. The third-order valence-corrected chi connectivity index (χ3v) is 2.65. The standard InChI is InChI=1S/C12H14BrNO4/c1-7(2)11(12(16)17)14-10(15)6-4-8-3-5-9(13)18-8/h3-7,11H,1-2H3,(H,14,15)(H,16,17)/b6-4+. The fourth-order valence-corrected chi connectivity index (χ4v) is 1.61. The summed E-state index contributed by atoms with van der Waals surface area (Å²) in [6.07, 6.45) is 2.71. The molecule has 0 saturated carbocycles. The Hall–Kier alpha value is -1.56. The van der Waals surface area contributed by atoms with Gasteiger partial charge in [-0.15, -0.1) is 0 Å². The van der Waals surface area contributed by atoms with Crippen molar-refractivity contribution in [3.63, 3.8) is 0 Å². The van der Waals surface area contributed by atoms with Gasteiger partial charge in [0.25, 0.3) is 0 Å². The van der Waals surface area contributed by atoms with Crippen molar-refractivity contribution in [1.29, 1.82) is 0 Å². The van der Waals surface area contributed by atoms with Crippen LogP contribution in [0.1, 0.15) is 19.6 Å². The number of halogens is 1.